The average molecular weight is 368 g/mol. The molecule has 0 spiro atoms. The molecule has 0 bridgehead atoms. The van der Waals surface area contributed by atoms with Crippen LogP contribution in [0.15, 0.2) is 26.7 Å². The number of hydrogen-bond acceptors (Lipinski definition) is 6. The van der Waals surface area contributed by atoms with Gasteiger partial charge in [-0.1, -0.05) is 0 Å². The minimum Gasteiger partial charge on any atom is -0.481 e. The Bertz CT molecular complexity index is 1100. The molecule has 2 aromatic heterocycles. The molecule has 10 nitrogen and oxygen atoms in total. The van der Waals surface area contributed by atoms with Gasteiger partial charge in [-0.2, -0.15) is 4.31 Å². The van der Waals surface area contributed by atoms with Gasteiger partial charge in [0.2, 0.25) is 10.0 Å². The van der Waals surface area contributed by atoms with Gasteiger partial charge in [0.1, 0.15) is 10.5 Å². The molecule has 1 aliphatic rings. The van der Waals surface area contributed by atoms with E-state index in [-0.39, 0.29) is 35.4 Å². The lowest BCUT2D eigenvalue weighted by molar-refractivity contribution is -0.146. The highest BCUT2D eigenvalue weighted by atomic mass is 32.2. The summed E-state index contributed by atoms with van der Waals surface area (Å²) < 4.78 is 27.7. The number of aromatic nitrogens is 3. The number of aliphatic carboxylic acids is 1. The molecule has 25 heavy (non-hydrogen) atoms. The number of hydrogen-bond donors (Lipinski definition) is 2. The molecule has 11 heteroatoms. The van der Waals surface area contributed by atoms with E-state index >= 15 is 0 Å². The van der Waals surface area contributed by atoms with Crippen LogP contribution >= 0.6 is 0 Å². The minimum absolute atomic E-state index is 0.0385. The molecule has 0 aliphatic carbocycles. The van der Waals surface area contributed by atoms with Gasteiger partial charge in [-0.25, -0.2) is 18.2 Å². The fraction of sp³-hybridized carbons (Fsp3) is 0.429. The first-order valence-corrected chi connectivity index (χ1v) is 8.83. The number of carbonyl (C=O) groups is 1. The first-order chi connectivity index (χ1) is 11.6. The Labute approximate surface area is 141 Å². The summed E-state index contributed by atoms with van der Waals surface area (Å²) in [6.45, 7) is 1.39. The number of H-pyrrole nitrogens is 1. The van der Waals surface area contributed by atoms with E-state index in [1.54, 1.807) is 0 Å². The Morgan fingerprint density at radius 1 is 1.40 bits per heavy atom. The minimum atomic E-state index is -4.01. The van der Waals surface area contributed by atoms with Crippen LogP contribution in [-0.4, -0.2) is 51.4 Å². The second kappa shape index (κ2) is 5.49. The van der Waals surface area contributed by atoms with Crippen molar-refractivity contribution < 1.29 is 18.3 Å². The molecule has 3 rings (SSSR count). The van der Waals surface area contributed by atoms with Crippen LogP contribution in [0.25, 0.3) is 11.0 Å². The van der Waals surface area contributed by atoms with E-state index in [0.717, 1.165) is 21.1 Å². The molecule has 1 fully saturated rings. The lowest BCUT2D eigenvalue weighted by Gasteiger charge is -2.20. The van der Waals surface area contributed by atoms with Crippen molar-refractivity contribution in [3.8, 4) is 0 Å². The number of aromatic amines is 1. The van der Waals surface area contributed by atoms with Crippen molar-refractivity contribution in [1.82, 2.24) is 18.8 Å². The monoisotopic (exact) mass is 368 g/mol. The van der Waals surface area contributed by atoms with Crippen LogP contribution in [0.3, 0.4) is 0 Å². The summed E-state index contributed by atoms with van der Waals surface area (Å²) in [6.07, 6.45) is 1.25. The lowest BCUT2D eigenvalue weighted by Crippen LogP contribution is -2.35. The summed E-state index contributed by atoms with van der Waals surface area (Å²) in [5.41, 5.74) is -2.49. The third kappa shape index (κ3) is 2.65. The Balaban J connectivity index is 2.09. The maximum absolute atomic E-state index is 12.8. The van der Waals surface area contributed by atoms with Crippen LogP contribution in [0, 0.1) is 5.41 Å². The maximum atomic E-state index is 12.8. The molecular formula is C14H16N4O6S. The second-order valence-electron chi connectivity index (χ2n) is 6.31. The highest BCUT2D eigenvalue weighted by molar-refractivity contribution is 7.89. The fourth-order valence-corrected chi connectivity index (χ4v) is 4.34. The van der Waals surface area contributed by atoms with E-state index in [2.05, 4.69) is 9.97 Å². The van der Waals surface area contributed by atoms with Crippen molar-refractivity contribution in [3.05, 3.63) is 33.1 Å². The molecule has 0 aromatic carbocycles. The van der Waals surface area contributed by atoms with Gasteiger partial charge in [-0.3, -0.25) is 19.1 Å². The number of nitrogens with one attached hydrogen (secondary N) is 1. The van der Waals surface area contributed by atoms with E-state index < -0.39 is 32.7 Å². The largest absolute Gasteiger partial charge is 0.481 e. The molecular weight excluding hydrogens is 352 g/mol. The normalized spacial score (nSPS) is 21.7. The molecule has 1 aliphatic heterocycles. The predicted molar refractivity (Wildman–Crippen MR) is 86.7 cm³/mol. The molecule has 1 atom stereocenters. The number of sulfonamides is 1. The van der Waals surface area contributed by atoms with Crippen molar-refractivity contribution in [1.29, 1.82) is 0 Å². The number of carboxylic acid groups (broad SMARTS) is 1. The zero-order chi connectivity index (χ0) is 18.6. The molecule has 0 amide bonds. The van der Waals surface area contributed by atoms with Crippen molar-refractivity contribution >= 4 is 27.0 Å². The van der Waals surface area contributed by atoms with Gasteiger partial charge < -0.3 is 5.11 Å². The Hall–Kier alpha value is -2.53. The third-order valence-electron chi connectivity index (χ3n) is 4.52. The number of fused-ring (bicyclic) bond motifs is 1. The van der Waals surface area contributed by atoms with E-state index in [0.29, 0.717) is 0 Å². The topological polar surface area (TPSA) is 142 Å². The maximum Gasteiger partial charge on any atom is 0.329 e. The number of rotatable bonds is 3. The van der Waals surface area contributed by atoms with Gasteiger partial charge in [0.15, 0.2) is 0 Å². The summed E-state index contributed by atoms with van der Waals surface area (Å²) in [7, 11) is -2.60. The van der Waals surface area contributed by atoms with Crippen LogP contribution in [0.1, 0.15) is 13.3 Å². The summed E-state index contributed by atoms with van der Waals surface area (Å²) in [5, 5.41) is 9.21. The summed E-state index contributed by atoms with van der Waals surface area (Å²) in [4.78, 5) is 40.6. The highest BCUT2D eigenvalue weighted by Crippen LogP contribution is 2.33. The molecule has 0 radical (unpaired) electrons. The predicted octanol–water partition coefficient (Wildman–Crippen LogP) is -0.893. The first-order valence-electron chi connectivity index (χ1n) is 7.39. The van der Waals surface area contributed by atoms with Crippen molar-refractivity contribution in [2.75, 3.05) is 13.1 Å². The molecule has 0 saturated carbocycles. The molecule has 1 unspecified atom stereocenters. The average Bonchev–Trinajstić information content (AvgIpc) is 2.97. The molecule has 1 saturated heterocycles. The number of aryl methyl sites for hydroxylation is 1. The molecule has 134 valence electrons. The highest BCUT2D eigenvalue weighted by Gasteiger charge is 2.45. The SMILES string of the molecule is Cn1c(=O)[nH]c(=O)c2cc(S(=O)(=O)N3CCC(C)(C(=O)O)C3)cnc21. The standard InChI is InChI=1S/C14H16N4O6S/c1-14(12(20)21)3-4-18(7-14)25(23,24)8-5-9-10(15-6-8)17(2)13(22)16-11(9)19/h5-6H,3-4,7H2,1-2H3,(H,20,21)(H,16,19,22). The van der Waals surface area contributed by atoms with Crippen LogP contribution in [0.5, 0.6) is 0 Å². The third-order valence-corrected chi connectivity index (χ3v) is 6.33. The van der Waals surface area contributed by atoms with Crippen LogP contribution < -0.4 is 11.2 Å². The smallest absolute Gasteiger partial charge is 0.329 e. The first kappa shape index (κ1) is 17.3. The van der Waals surface area contributed by atoms with Crippen molar-refractivity contribution in [2.45, 2.75) is 18.2 Å². The van der Waals surface area contributed by atoms with E-state index in [4.69, 9.17) is 0 Å². The van der Waals surface area contributed by atoms with Gasteiger partial charge in [0.25, 0.3) is 5.56 Å². The van der Waals surface area contributed by atoms with Crippen molar-refractivity contribution in [3.63, 3.8) is 0 Å². The van der Waals surface area contributed by atoms with E-state index in [1.165, 1.54) is 14.0 Å². The summed E-state index contributed by atoms with van der Waals surface area (Å²) in [6, 6.07) is 1.15. The molecule has 2 aromatic rings. The molecule has 3 heterocycles. The number of carboxylic acids is 1. The Morgan fingerprint density at radius 2 is 2.08 bits per heavy atom. The van der Waals surface area contributed by atoms with Crippen LogP contribution in [0.2, 0.25) is 0 Å². The van der Waals surface area contributed by atoms with E-state index in [1.807, 2.05) is 0 Å². The number of pyridine rings is 1. The summed E-state index contributed by atoms with van der Waals surface area (Å²) >= 11 is 0. The Kier molecular flexibility index (Phi) is 3.80. The van der Waals surface area contributed by atoms with Gasteiger partial charge in [-0.05, 0) is 19.4 Å². The van der Waals surface area contributed by atoms with Crippen molar-refractivity contribution in [2.24, 2.45) is 12.5 Å². The quantitative estimate of drug-likeness (QED) is 0.715. The van der Waals surface area contributed by atoms with Gasteiger partial charge in [-0.15, -0.1) is 0 Å². The van der Waals surface area contributed by atoms with Gasteiger partial charge >= 0.3 is 11.7 Å². The summed E-state index contributed by atoms with van der Waals surface area (Å²) in [5.74, 6) is -1.06. The zero-order valence-electron chi connectivity index (χ0n) is 13.5. The van der Waals surface area contributed by atoms with Gasteiger partial charge in [0, 0.05) is 26.3 Å². The van der Waals surface area contributed by atoms with Crippen LogP contribution in [0.4, 0.5) is 0 Å². The number of nitrogens with zero attached hydrogens (tertiary/aromatic N) is 3. The molecule has 2 N–H and O–H groups in total. The van der Waals surface area contributed by atoms with Gasteiger partial charge in [0.05, 0.1) is 10.8 Å². The lowest BCUT2D eigenvalue weighted by atomic mass is 9.90. The zero-order valence-corrected chi connectivity index (χ0v) is 14.3. The second-order valence-corrected chi connectivity index (χ2v) is 8.25. The van der Waals surface area contributed by atoms with E-state index in [9.17, 15) is 27.9 Å². The Morgan fingerprint density at radius 3 is 2.68 bits per heavy atom. The fourth-order valence-electron chi connectivity index (χ4n) is 2.81. The van der Waals surface area contributed by atoms with Crippen LogP contribution in [-0.2, 0) is 21.9 Å².